The van der Waals surface area contributed by atoms with E-state index in [1.807, 2.05) is 67.6 Å². The van der Waals surface area contributed by atoms with Gasteiger partial charge in [0.15, 0.2) is 0 Å². The molecule has 0 spiro atoms. The summed E-state index contributed by atoms with van der Waals surface area (Å²) in [6.45, 7) is 8.63. The van der Waals surface area contributed by atoms with E-state index in [4.69, 9.17) is 5.73 Å². The molecule has 0 bridgehead atoms. The number of benzene rings is 4. The number of nitrogens with one attached hydrogen (secondary N) is 1. The van der Waals surface area contributed by atoms with Gasteiger partial charge in [0.2, 0.25) is 0 Å². The largest absolute Gasteiger partial charge is 0.478 e. The van der Waals surface area contributed by atoms with Gasteiger partial charge >= 0.3 is 5.97 Å². The van der Waals surface area contributed by atoms with Gasteiger partial charge < -0.3 is 16.2 Å². The average molecular weight is 559 g/mol. The lowest BCUT2D eigenvalue weighted by Crippen LogP contribution is -2.26. The van der Waals surface area contributed by atoms with Crippen molar-refractivity contribution in [1.29, 1.82) is 0 Å². The summed E-state index contributed by atoms with van der Waals surface area (Å²) >= 11 is 0. The Morgan fingerprint density at radius 1 is 0.929 bits per heavy atom. The van der Waals surface area contributed by atoms with Crippen LogP contribution in [0.5, 0.6) is 0 Å². The van der Waals surface area contributed by atoms with Crippen LogP contribution in [0, 0.1) is 5.92 Å². The summed E-state index contributed by atoms with van der Waals surface area (Å²) in [4.78, 5) is 24.9. The summed E-state index contributed by atoms with van der Waals surface area (Å²) < 4.78 is 0. The Balaban J connectivity index is 1.35. The maximum absolute atomic E-state index is 13.2. The predicted octanol–water partition coefficient (Wildman–Crippen LogP) is 8.28. The van der Waals surface area contributed by atoms with Gasteiger partial charge in [0, 0.05) is 11.3 Å². The third-order valence-electron chi connectivity index (χ3n) is 8.83. The molecule has 0 saturated heterocycles. The monoisotopic (exact) mass is 558 g/mol. The third kappa shape index (κ3) is 6.01. The molecule has 1 aliphatic rings. The smallest absolute Gasteiger partial charge is 0.336 e. The number of carboxylic acid groups (broad SMARTS) is 1. The van der Waals surface area contributed by atoms with E-state index < -0.39 is 5.97 Å². The van der Waals surface area contributed by atoms with E-state index in [0.717, 1.165) is 35.1 Å². The summed E-state index contributed by atoms with van der Waals surface area (Å²) in [5.74, 6) is -0.324. The van der Waals surface area contributed by atoms with Gasteiger partial charge in [-0.2, -0.15) is 0 Å². The minimum Gasteiger partial charge on any atom is -0.478 e. The molecule has 5 rings (SSSR count). The fourth-order valence-corrected chi connectivity index (χ4v) is 6.07. The van der Waals surface area contributed by atoms with Crippen LogP contribution < -0.4 is 11.1 Å². The molecular formula is C37H38N2O3. The molecule has 4 N–H and O–H groups in total. The Bertz CT molecular complexity index is 1650. The summed E-state index contributed by atoms with van der Waals surface area (Å²) in [6.07, 6.45) is 1.88. The van der Waals surface area contributed by atoms with Gasteiger partial charge in [0.05, 0.1) is 11.6 Å². The van der Waals surface area contributed by atoms with Crippen molar-refractivity contribution in [3.05, 3.63) is 130 Å². The zero-order valence-electron chi connectivity index (χ0n) is 24.6. The molecular weight excluding hydrogens is 520 g/mol. The number of carboxylic acids is 1. The van der Waals surface area contributed by atoms with E-state index in [1.165, 1.54) is 22.3 Å². The number of nitrogen functional groups attached to an aromatic ring is 1. The number of allylic oxidation sites excluding steroid dienone is 2. The first-order chi connectivity index (χ1) is 20.1. The first kappa shape index (κ1) is 28.9. The van der Waals surface area contributed by atoms with Crippen molar-refractivity contribution in [2.75, 3.05) is 5.73 Å². The Morgan fingerprint density at radius 2 is 1.62 bits per heavy atom. The Morgan fingerprint density at radius 3 is 2.31 bits per heavy atom. The van der Waals surface area contributed by atoms with Gasteiger partial charge in [0.1, 0.15) is 0 Å². The molecule has 4 aromatic rings. The van der Waals surface area contributed by atoms with Crippen molar-refractivity contribution < 1.29 is 14.7 Å². The van der Waals surface area contributed by atoms with Crippen molar-refractivity contribution >= 4 is 23.1 Å². The molecule has 0 heterocycles. The highest BCUT2D eigenvalue weighted by Crippen LogP contribution is 2.41. The van der Waals surface area contributed by atoms with Gasteiger partial charge in [-0.3, -0.25) is 4.79 Å². The Hall–Kier alpha value is -4.64. The molecule has 4 aromatic carbocycles. The number of hydrogen-bond acceptors (Lipinski definition) is 3. The molecule has 5 heteroatoms. The second-order valence-electron chi connectivity index (χ2n) is 11.6. The second-order valence-corrected chi connectivity index (χ2v) is 11.6. The number of anilines is 1. The van der Waals surface area contributed by atoms with Crippen molar-refractivity contribution in [3.63, 3.8) is 0 Å². The molecule has 3 atom stereocenters. The van der Waals surface area contributed by atoms with Crippen LogP contribution in [-0.4, -0.2) is 17.0 Å². The zero-order chi connectivity index (χ0) is 30.0. The number of nitrogens with two attached hydrogens (primary N) is 1. The molecule has 0 aromatic heterocycles. The molecule has 1 amide bonds. The van der Waals surface area contributed by atoms with E-state index in [2.05, 4.69) is 44.3 Å². The highest BCUT2D eigenvalue weighted by molar-refractivity contribution is 5.96. The summed E-state index contributed by atoms with van der Waals surface area (Å²) in [6, 6.07) is 29.0. The van der Waals surface area contributed by atoms with Crippen molar-refractivity contribution in [2.24, 2.45) is 5.92 Å². The lowest BCUT2D eigenvalue weighted by Gasteiger charge is -2.24. The lowest BCUT2D eigenvalue weighted by molar-refractivity contribution is 0.0697. The number of carbonyl (C=O) groups is 2. The number of aromatic carboxylic acids is 1. The van der Waals surface area contributed by atoms with Gasteiger partial charge in [-0.25, -0.2) is 4.79 Å². The number of fused-ring (bicyclic) bond motifs is 1. The van der Waals surface area contributed by atoms with Crippen molar-refractivity contribution in [2.45, 2.75) is 52.5 Å². The fraction of sp³-hybridized carbons (Fsp3) is 0.243. The molecule has 0 aliphatic heterocycles. The molecule has 0 saturated carbocycles. The van der Waals surface area contributed by atoms with E-state index >= 15 is 0 Å². The van der Waals surface area contributed by atoms with E-state index in [0.29, 0.717) is 28.7 Å². The van der Waals surface area contributed by atoms with Gasteiger partial charge in [-0.1, -0.05) is 73.2 Å². The quantitative estimate of drug-likeness (QED) is 0.199. The molecule has 1 aliphatic carbocycles. The van der Waals surface area contributed by atoms with Crippen LogP contribution in [0.3, 0.4) is 0 Å². The van der Waals surface area contributed by atoms with Crippen LogP contribution in [0.25, 0.3) is 16.7 Å². The number of carbonyl (C=O) groups excluding carboxylic acids is 1. The predicted molar refractivity (Wildman–Crippen MR) is 171 cm³/mol. The molecule has 5 nitrogen and oxygen atoms in total. The van der Waals surface area contributed by atoms with Crippen LogP contribution in [0.1, 0.15) is 89.0 Å². The first-order valence-electron chi connectivity index (χ1n) is 14.5. The number of hydrogen-bond donors (Lipinski definition) is 3. The van der Waals surface area contributed by atoms with E-state index in [1.54, 1.807) is 12.1 Å². The lowest BCUT2D eigenvalue weighted by atomic mass is 9.80. The molecule has 42 heavy (non-hydrogen) atoms. The number of amides is 1. The summed E-state index contributed by atoms with van der Waals surface area (Å²) in [5, 5.41) is 12.7. The molecule has 0 radical (unpaired) electrons. The van der Waals surface area contributed by atoms with Crippen molar-refractivity contribution in [1.82, 2.24) is 5.32 Å². The topological polar surface area (TPSA) is 92.4 Å². The molecule has 0 fully saturated rings. The maximum atomic E-state index is 13.2. The fourth-order valence-electron chi connectivity index (χ4n) is 6.07. The highest BCUT2D eigenvalue weighted by atomic mass is 16.4. The summed E-state index contributed by atoms with van der Waals surface area (Å²) in [7, 11) is 0. The average Bonchev–Trinajstić information content (AvgIpc) is 3.08. The van der Waals surface area contributed by atoms with Crippen LogP contribution in [-0.2, 0) is 6.42 Å². The summed E-state index contributed by atoms with van der Waals surface area (Å²) in [5.41, 5.74) is 16.3. The minimum atomic E-state index is -0.921. The number of rotatable bonds is 7. The second kappa shape index (κ2) is 12.1. The molecule has 3 unspecified atom stereocenters. The maximum Gasteiger partial charge on any atom is 0.336 e. The SMILES string of the molecule is CC1=C(C)c2cc(C(=O)NC(C)c3ccc(N)cc3)ccc2C(C)C(Cc2ccc(-c3ccccc3C(=O)O)cc2)C1. The minimum absolute atomic E-state index is 0.0920. The Labute approximate surface area is 248 Å². The zero-order valence-corrected chi connectivity index (χ0v) is 24.6. The van der Waals surface area contributed by atoms with E-state index in [-0.39, 0.29) is 11.9 Å². The normalized spacial score (nSPS) is 17.2. The van der Waals surface area contributed by atoms with Crippen LogP contribution >= 0.6 is 0 Å². The van der Waals surface area contributed by atoms with Crippen LogP contribution in [0.4, 0.5) is 5.69 Å². The van der Waals surface area contributed by atoms with Crippen LogP contribution in [0.15, 0.2) is 96.6 Å². The standard InChI is InChI=1S/C37H38N2O3/c1-22-19-30(20-26-9-11-28(12-10-26)33-7-5-6-8-34(33)37(41)42)24(3)32-18-15-29(21-35(32)23(22)2)36(40)39-25(4)27-13-16-31(38)17-14-27/h5-18,21,24-25,30H,19-20,38H2,1-4H3,(H,39,40)(H,41,42). The molecule has 214 valence electrons. The van der Waals surface area contributed by atoms with Gasteiger partial charge in [-0.05, 0) is 115 Å². The first-order valence-corrected chi connectivity index (χ1v) is 14.5. The third-order valence-corrected chi connectivity index (χ3v) is 8.83. The van der Waals surface area contributed by atoms with E-state index in [9.17, 15) is 14.7 Å². The van der Waals surface area contributed by atoms with Crippen LogP contribution in [0.2, 0.25) is 0 Å². The van der Waals surface area contributed by atoms with Crippen molar-refractivity contribution in [3.8, 4) is 11.1 Å². The highest BCUT2D eigenvalue weighted by Gasteiger charge is 2.27. The van der Waals surface area contributed by atoms with Gasteiger partial charge in [0.25, 0.3) is 5.91 Å². The Kier molecular flexibility index (Phi) is 8.30. The van der Waals surface area contributed by atoms with Gasteiger partial charge in [-0.15, -0.1) is 0 Å².